The topological polar surface area (TPSA) is 162 Å². The van der Waals surface area contributed by atoms with Gasteiger partial charge in [0.05, 0.1) is 6.42 Å². The molecule has 0 spiro atoms. The second-order valence-corrected chi connectivity index (χ2v) is 5.37. The van der Waals surface area contributed by atoms with Crippen molar-refractivity contribution in [3.05, 3.63) is 0 Å². The third-order valence-electron chi connectivity index (χ3n) is 3.25. The van der Waals surface area contributed by atoms with Gasteiger partial charge in [-0.3, -0.25) is 19.2 Å². The lowest BCUT2D eigenvalue weighted by Crippen LogP contribution is -2.41. The summed E-state index contributed by atoms with van der Waals surface area (Å²) in [7, 11) is 0. The Balaban J connectivity index is 3.91. The third kappa shape index (κ3) is 13.5. The van der Waals surface area contributed by atoms with E-state index in [1.54, 1.807) is 0 Å². The molecule has 142 valence electrons. The molecule has 0 aromatic carbocycles. The Bertz CT molecular complexity index is 468. The number of nitrogens with one attached hydrogen (secondary N) is 3. The summed E-state index contributed by atoms with van der Waals surface area (Å²) in [6.07, 6.45) is 1.94. The van der Waals surface area contributed by atoms with Gasteiger partial charge in [0.25, 0.3) is 0 Å². The largest absolute Gasteiger partial charge is 0.481 e. The average molecular weight is 359 g/mol. The van der Waals surface area contributed by atoms with Gasteiger partial charge in [0.1, 0.15) is 6.04 Å². The van der Waals surface area contributed by atoms with Gasteiger partial charge in [-0.15, -0.1) is 0 Å². The predicted molar refractivity (Wildman–Crippen MR) is 86.6 cm³/mol. The van der Waals surface area contributed by atoms with Crippen LogP contribution in [0.25, 0.3) is 0 Å². The molecule has 1 unspecified atom stereocenters. The van der Waals surface area contributed by atoms with Crippen molar-refractivity contribution in [3.8, 4) is 0 Å². The monoisotopic (exact) mass is 359 g/mol. The highest BCUT2D eigenvalue weighted by Gasteiger charge is 2.19. The lowest BCUT2D eigenvalue weighted by molar-refractivity contribution is -0.142. The summed E-state index contributed by atoms with van der Waals surface area (Å²) < 4.78 is 0. The van der Waals surface area contributed by atoms with Crippen LogP contribution in [-0.4, -0.2) is 59.5 Å². The minimum atomic E-state index is -1.13. The summed E-state index contributed by atoms with van der Waals surface area (Å²) in [6.45, 7) is 0.659. The molecule has 0 aliphatic carbocycles. The van der Waals surface area contributed by atoms with E-state index in [1.807, 2.05) is 0 Å². The van der Waals surface area contributed by atoms with Crippen LogP contribution in [0, 0.1) is 0 Å². The molecule has 0 aliphatic rings. The van der Waals surface area contributed by atoms with Gasteiger partial charge < -0.3 is 26.2 Å². The Morgan fingerprint density at radius 2 is 1.60 bits per heavy atom. The molecule has 0 saturated heterocycles. The molecule has 0 aliphatic heterocycles. The molecule has 0 aromatic heterocycles. The van der Waals surface area contributed by atoms with Crippen molar-refractivity contribution in [2.45, 2.75) is 51.0 Å². The van der Waals surface area contributed by atoms with E-state index < -0.39 is 23.9 Å². The summed E-state index contributed by atoms with van der Waals surface area (Å²) in [5.74, 6) is -2.95. The Hall–Kier alpha value is -2.65. The lowest BCUT2D eigenvalue weighted by Gasteiger charge is -2.14. The summed E-state index contributed by atoms with van der Waals surface area (Å²) in [6, 6.07) is -1.01. The summed E-state index contributed by atoms with van der Waals surface area (Å²) in [5.41, 5.74) is 0. The predicted octanol–water partition coefficient (Wildman–Crippen LogP) is -0.767. The number of carbonyl (C=O) groups excluding carboxylic acids is 3. The number of rotatable bonds is 15. The molecule has 0 heterocycles. The second kappa shape index (κ2) is 13.8. The van der Waals surface area contributed by atoms with Gasteiger partial charge >= 0.3 is 11.9 Å². The molecule has 25 heavy (non-hydrogen) atoms. The van der Waals surface area contributed by atoms with Crippen LogP contribution in [0.15, 0.2) is 0 Å². The smallest absolute Gasteiger partial charge is 0.326 e. The van der Waals surface area contributed by atoms with Crippen molar-refractivity contribution < 1.29 is 34.2 Å². The van der Waals surface area contributed by atoms with Crippen LogP contribution >= 0.6 is 0 Å². The molecule has 0 aromatic rings. The van der Waals surface area contributed by atoms with Crippen LogP contribution < -0.4 is 16.0 Å². The quantitative estimate of drug-likeness (QED) is 0.189. The van der Waals surface area contributed by atoms with Crippen LogP contribution in [0.2, 0.25) is 0 Å². The molecule has 0 fully saturated rings. The van der Waals surface area contributed by atoms with Gasteiger partial charge in [0.15, 0.2) is 0 Å². The van der Waals surface area contributed by atoms with E-state index in [0.29, 0.717) is 38.8 Å². The molecule has 0 radical (unpaired) electrons. The number of amides is 3. The van der Waals surface area contributed by atoms with Crippen molar-refractivity contribution in [1.29, 1.82) is 0 Å². The normalized spacial score (nSPS) is 11.2. The zero-order chi connectivity index (χ0) is 19.1. The van der Waals surface area contributed by atoms with Crippen molar-refractivity contribution in [2.24, 2.45) is 0 Å². The van der Waals surface area contributed by atoms with E-state index in [0.717, 1.165) is 0 Å². The SMILES string of the molecule is O=CNCCCC(=O)NC(CCCCNC(=O)CCC(=O)O)C(=O)O. The van der Waals surface area contributed by atoms with E-state index >= 15 is 0 Å². The van der Waals surface area contributed by atoms with E-state index in [4.69, 9.17) is 10.2 Å². The molecular weight excluding hydrogens is 334 g/mol. The maximum Gasteiger partial charge on any atom is 0.326 e. The fourth-order valence-electron chi connectivity index (χ4n) is 1.94. The number of carboxylic acids is 2. The molecule has 0 rings (SSSR count). The van der Waals surface area contributed by atoms with Crippen LogP contribution in [0.5, 0.6) is 0 Å². The first-order valence-electron chi connectivity index (χ1n) is 8.04. The van der Waals surface area contributed by atoms with Crippen molar-refractivity contribution in [2.75, 3.05) is 13.1 Å². The molecule has 5 N–H and O–H groups in total. The van der Waals surface area contributed by atoms with Gasteiger partial charge in [0, 0.05) is 25.9 Å². The Morgan fingerprint density at radius 1 is 0.880 bits per heavy atom. The minimum absolute atomic E-state index is 0.0951. The average Bonchev–Trinajstić information content (AvgIpc) is 2.55. The number of carbonyl (C=O) groups is 5. The summed E-state index contributed by atoms with van der Waals surface area (Å²) in [4.78, 5) is 54.4. The van der Waals surface area contributed by atoms with Crippen LogP contribution in [0.3, 0.4) is 0 Å². The van der Waals surface area contributed by atoms with Crippen LogP contribution in [0.4, 0.5) is 0 Å². The van der Waals surface area contributed by atoms with Gasteiger partial charge in [-0.05, 0) is 25.7 Å². The number of carboxylic acid groups (broad SMARTS) is 2. The fourth-order valence-corrected chi connectivity index (χ4v) is 1.94. The number of hydrogen-bond donors (Lipinski definition) is 5. The molecule has 0 saturated carbocycles. The molecule has 10 nitrogen and oxygen atoms in total. The molecule has 10 heteroatoms. The highest BCUT2D eigenvalue weighted by atomic mass is 16.4. The number of unbranched alkanes of at least 4 members (excludes halogenated alkanes) is 1. The molecule has 0 bridgehead atoms. The maximum atomic E-state index is 11.6. The van der Waals surface area contributed by atoms with E-state index in [2.05, 4.69) is 16.0 Å². The van der Waals surface area contributed by atoms with Gasteiger partial charge in [0.2, 0.25) is 18.2 Å². The second-order valence-electron chi connectivity index (χ2n) is 5.37. The molecule has 1 atom stereocenters. The lowest BCUT2D eigenvalue weighted by atomic mass is 10.1. The zero-order valence-corrected chi connectivity index (χ0v) is 14.0. The van der Waals surface area contributed by atoms with E-state index in [-0.39, 0.29) is 31.6 Å². The van der Waals surface area contributed by atoms with Gasteiger partial charge in [-0.25, -0.2) is 4.79 Å². The zero-order valence-electron chi connectivity index (χ0n) is 14.0. The Morgan fingerprint density at radius 3 is 2.20 bits per heavy atom. The number of hydrogen-bond acceptors (Lipinski definition) is 5. The summed E-state index contributed by atoms with van der Waals surface area (Å²) in [5, 5.41) is 24.9. The van der Waals surface area contributed by atoms with Crippen LogP contribution in [-0.2, 0) is 24.0 Å². The first-order chi connectivity index (χ1) is 11.9. The van der Waals surface area contributed by atoms with Gasteiger partial charge in [-0.1, -0.05) is 0 Å². The summed E-state index contributed by atoms with van der Waals surface area (Å²) >= 11 is 0. The van der Waals surface area contributed by atoms with E-state index in [9.17, 15) is 24.0 Å². The van der Waals surface area contributed by atoms with E-state index in [1.165, 1.54) is 0 Å². The molecule has 3 amide bonds. The highest BCUT2D eigenvalue weighted by Crippen LogP contribution is 2.02. The first kappa shape index (κ1) is 22.4. The first-order valence-corrected chi connectivity index (χ1v) is 8.04. The fraction of sp³-hybridized carbons (Fsp3) is 0.667. The van der Waals surface area contributed by atoms with Gasteiger partial charge in [-0.2, -0.15) is 0 Å². The Kier molecular flexibility index (Phi) is 12.3. The Labute approximate surface area is 145 Å². The van der Waals surface area contributed by atoms with Crippen LogP contribution in [0.1, 0.15) is 44.9 Å². The van der Waals surface area contributed by atoms with Crippen molar-refractivity contribution in [1.82, 2.24) is 16.0 Å². The third-order valence-corrected chi connectivity index (χ3v) is 3.25. The molecular formula is C15H25N3O7. The standard InChI is InChI=1S/C15H25N3O7/c19-10-16-8-3-5-13(21)18-11(15(24)25)4-1-2-9-17-12(20)6-7-14(22)23/h10-11H,1-9H2,(H,16,19)(H,17,20)(H,18,21)(H,22,23)(H,24,25). The van der Waals surface area contributed by atoms with Crippen molar-refractivity contribution in [3.63, 3.8) is 0 Å². The number of aliphatic carboxylic acids is 2. The maximum absolute atomic E-state index is 11.6. The minimum Gasteiger partial charge on any atom is -0.481 e. The van der Waals surface area contributed by atoms with Crippen molar-refractivity contribution >= 4 is 30.2 Å². The highest BCUT2D eigenvalue weighted by molar-refractivity contribution is 5.83.